The van der Waals surface area contributed by atoms with Crippen LogP contribution in [0.25, 0.3) is 22.6 Å². The minimum atomic E-state index is -4.40. The largest absolute Gasteiger partial charge is 0.416 e. The van der Waals surface area contributed by atoms with E-state index in [4.69, 9.17) is 17.3 Å². The number of H-pyrrole nitrogens is 1. The average Bonchev–Trinajstić information content (AvgIpc) is 3.37. The van der Waals surface area contributed by atoms with E-state index in [-0.39, 0.29) is 6.54 Å². The van der Waals surface area contributed by atoms with Gasteiger partial charge in [-0.1, -0.05) is 48.5 Å². The Morgan fingerprint density at radius 1 is 1.08 bits per heavy atom. The fourth-order valence-corrected chi connectivity index (χ4v) is 4.18. The highest BCUT2D eigenvalue weighted by Crippen LogP contribution is 2.34. The first-order valence-electron chi connectivity index (χ1n) is 11.4. The van der Waals surface area contributed by atoms with Crippen LogP contribution >= 0.6 is 11.6 Å². The van der Waals surface area contributed by atoms with E-state index >= 15 is 0 Å². The SMILES string of the molecule is C=C/C(=C/c1cc(C(C=CN)=NCc2ccc(C(F)(F)F)cc2)cc(Cl)c1N=C)c1ccc2cn[nH]c2c1. The second kappa shape index (κ2) is 11.3. The number of alkyl halides is 3. The number of aromatic amines is 1. The van der Waals surface area contributed by atoms with Crippen molar-refractivity contribution in [2.45, 2.75) is 12.7 Å². The van der Waals surface area contributed by atoms with Crippen LogP contribution in [0.1, 0.15) is 27.8 Å². The number of fused-ring (bicyclic) bond motifs is 1. The zero-order chi connectivity index (χ0) is 27.3. The van der Waals surface area contributed by atoms with Crippen molar-refractivity contribution < 1.29 is 13.2 Å². The highest BCUT2D eigenvalue weighted by Gasteiger charge is 2.29. The number of aliphatic imine (C=N–C) groups is 2. The van der Waals surface area contributed by atoms with Gasteiger partial charge in [0.1, 0.15) is 0 Å². The van der Waals surface area contributed by atoms with Gasteiger partial charge in [-0.15, -0.1) is 0 Å². The molecule has 0 spiro atoms. The van der Waals surface area contributed by atoms with E-state index in [0.717, 1.165) is 34.2 Å². The minimum Gasteiger partial charge on any atom is -0.405 e. The smallest absolute Gasteiger partial charge is 0.405 e. The lowest BCUT2D eigenvalue weighted by Gasteiger charge is -2.11. The van der Waals surface area contributed by atoms with Crippen LogP contribution in [0.15, 0.2) is 95.7 Å². The van der Waals surface area contributed by atoms with Gasteiger partial charge in [-0.3, -0.25) is 15.1 Å². The summed E-state index contributed by atoms with van der Waals surface area (Å²) < 4.78 is 38.6. The Hall–Kier alpha value is -4.43. The van der Waals surface area contributed by atoms with E-state index in [1.54, 1.807) is 24.4 Å². The summed E-state index contributed by atoms with van der Waals surface area (Å²) in [6, 6.07) is 14.3. The molecule has 4 aromatic rings. The molecule has 0 atom stereocenters. The Morgan fingerprint density at radius 3 is 2.50 bits per heavy atom. The lowest BCUT2D eigenvalue weighted by atomic mass is 9.98. The van der Waals surface area contributed by atoms with Crippen molar-refractivity contribution in [3.63, 3.8) is 0 Å². The molecule has 3 N–H and O–H groups in total. The van der Waals surface area contributed by atoms with Gasteiger partial charge in [0.05, 0.1) is 40.2 Å². The second-order valence-electron chi connectivity index (χ2n) is 8.29. The maximum atomic E-state index is 12.9. The zero-order valence-electron chi connectivity index (χ0n) is 20.1. The van der Waals surface area contributed by atoms with Gasteiger partial charge < -0.3 is 5.73 Å². The summed E-state index contributed by atoms with van der Waals surface area (Å²) in [5.41, 5.74) is 10.5. The Kier molecular flexibility index (Phi) is 7.93. The van der Waals surface area contributed by atoms with Crippen LogP contribution in [-0.4, -0.2) is 22.6 Å². The summed E-state index contributed by atoms with van der Waals surface area (Å²) in [5.74, 6) is 0. The number of halogens is 4. The number of aromatic nitrogens is 2. The molecular formula is C29H23ClF3N5. The van der Waals surface area contributed by atoms with Crippen molar-refractivity contribution in [3.05, 3.63) is 119 Å². The van der Waals surface area contributed by atoms with Crippen LogP contribution in [-0.2, 0) is 12.7 Å². The van der Waals surface area contributed by atoms with Crippen molar-refractivity contribution in [3.8, 4) is 0 Å². The molecule has 4 rings (SSSR count). The van der Waals surface area contributed by atoms with Gasteiger partial charge in [0, 0.05) is 16.5 Å². The molecule has 192 valence electrons. The fraction of sp³-hybridized carbons (Fsp3) is 0.0690. The molecule has 0 bridgehead atoms. The summed E-state index contributed by atoms with van der Waals surface area (Å²) in [5, 5.41) is 8.36. The van der Waals surface area contributed by atoms with Crippen LogP contribution in [0.4, 0.5) is 18.9 Å². The fourth-order valence-electron chi connectivity index (χ4n) is 3.90. The minimum absolute atomic E-state index is 0.143. The quantitative estimate of drug-likeness (QED) is 0.138. The average molecular weight is 534 g/mol. The first kappa shape index (κ1) is 26.6. The van der Waals surface area contributed by atoms with Gasteiger partial charge in [-0.2, -0.15) is 18.3 Å². The molecule has 0 amide bonds. The normalized spacial score (nSPS) is 12.8. The monoisotopic (exact) mass is 533 g/mol. The van der Waals surface area contributed by atoms with Gasteiger partial charge in [-0.05, 0) is 72.1 Å². The van der Waals surface area contributed by atoms with Crippen molar-refractivity contribution in [2.75, 3.05) is 0 Å². The zero-order valence-corrected chi connectivity index (χ0v) is 20.9. The Balaban J connectivity index is 1.73. The molecule has 5 nitrogen and oxygen atoms in total. The molecule has 3 aromatic carbocycles. The predicted octanol–water partition coefficient (Wildman–Crippen LogP) is 7.76. The second-order valence-corrected chi connectivity index (χ2v) is 8.69. The lowest BCUT2D eigenvalue weighted by molar-refractivity contribution is -0.137. The maximum Gasteiger partial charge on any atom is 0.416 e. The molecule has 0 aliphatic heterocycles. The molecule has 0 radical (unpaired) electrons. The van der Waals surface area contributed by atoms with E-state index < -0.39 is 11.7 Å². The third-order valence-corrected chi connectivity index (χ3v) is 6.11. The predicted molar refractivity (Wildman–Crippen MR) is 150 cm³/mol. The van der Waals surface area contributed by atoms with Crippen LogP contribution in [0.5, 0.6) is 0 Å². The summed E-state index contributed by atoms with van der Waals surface area (Å²) in [7, 11) is 0. The summed E-state index contributed by atoms with van der Waals surface area (Å²) in [6.07, 6.45) is 3.91. The number of hydrogen-bond donors (Lipinski definition) is 2. The third kappa shape index (κ3) is 5.92. The van der Waals surface area contributed by atoms with Crippen molar-refractivity contribution >= 4 is 52.3 Å². The standard InChI is InChI=1S/C29H23ClF3N5/c1-3-19(20-6-7-21-17-37-38-27(21)15-20)12-23-13-22(14-25(30)28(23)35-2)26(10-11-34)36-16-18-4-8-24(9-5-18)29(31,32)33/h3-15,17H,1-2,16,34H2,(H,37,38)/b11-10?,19-12-,36-26?. The van der Waals surface area contributed by atoms with Crippen LogP contribution < -0.4 is 5.73 Å². The molecular weight excluding hydrogens is 511 g/mol. The molecule has 0 unspecified atom stereocenters. The highest BCUT2D eigenvalue weighted by molar-refractivity contribution is 6.34. The molecule has 38 heavy (non-hydrogen) atoms. The first-order chi connectivity index (χ1) is 18.2. The van der Waals surface area contributed by atoms with E-state index in [9.17, 15) is 13.2 Å². The number of allylic oxidation sites excluding steroid dienone is 3. The van der Waals surface area contributed by atoms with Gasteiger partial charge in [0.2, 0.25) is 0 Å². The van der Waals surface area contributed by atoms with Crippen molar-refractivity contribution in [1.29, 1.82) is 0 Å². The topological polar surface area (TPSA) is 79.4 Å². The summed E-state index contributed by atoms with van der Waals surface area (Å²) in [4.78, 5) is 8.69. The molecule has 0 aliphatic carbocycles. The number of nitrogens with two attached hydrogens (primary N) is 1. The summed E-state index contributed by atoms with van der Waals surface area (Å²) in [6.45, 7) is 7.75. The van der Waals surface area contributed by atoms with E-state index in [0.29, 0.717) is 33.1 Å². The van der Waals surface area contributed by atoms with Crippen LogP contribution in [0, 0.1) is 0 Å². The van der Waals surface area contributed by atoms with Gasteiger partial charge in [0.25, 0.3) is 0 Å². The number of hydrogen-bond acceptors (Lipinski definition) is 4. The molecule has 1 aromatic heterocycles. The Morgan fingerprint density at radius 2 is 1.84 bits per heavy atom. The molecule has 0 saturated heterocycles. The van der Waals surface area contributed by atoms with Crippen LogP contribution in [0.2, 0.25) is 5.02 Å². The van der Waals surface area contributed by atoms with E-state index in [1.165, 1.54) is 18.3 Å². The molecule has 0 aliphatic rings. The first-order valence-corrected chi connectivity index (χ1v) is 11.8. The lowest BCUT2D eigenvalue weighted by Crippen LogP contribution is -2.04. The summed E-state index contributed by atoms with van der Waals surface area (Å²) >= 11 is 6.57. The maximum absolute atomic E-state index is 12.9. The molecule has 1 heterocycles. The molecule has 9 heteroatoms. The van der Waals surface area contributed by atoms with Crippen LogP contribution in [0.3, 0.4) is 0 Å². The van der Waals surface area contributed by atoms with E-state index in [1.807, 2.05) is 30.3 Å². The Bertz CT molecular complexity index is 1580. The van der Waals surface area contributed by atoms with Crippen molar-refractivity contribution in [1.82, 2.24) is 10.2 Å². The number of nitrogens with one attached hydrogen (secondary N) is 1. The number of rotatable bonds is 8. The third-order valence-electron chi connectivity index (χ3n) is 5.82. The van der Waals surface area contributed by atoms with Gasteiger partial charge in [-0.25, -0.2) is 0 Å². The van der Waals surface area contributed by atoms with Crippen molar-refractivity contribution in [2.24, 2.45) is 15.7 Å². The number of benzene rings is 3. The van der Waals surface area contributed by atoms with Gasteiger partial charge in [0.15, 0.2) is 0 Å². The Labute approximate surface area is 222 Å². The van der Waals surface area contributed by atoms with Gasteiger partial charge >= 0.3 is 6.18 Å². The molecule has 0 saturated carbocycles. The van der Waals surface area contributed by atoms with E-state index in [2.05, 4.69) is 33.5 Å². The highest BCUT2D eigenvalue weighted by atomic mass is 35.5. The molecule has 0 fully saturated rings. The number of nitrogens with zero attached hydrogens (tertiary/aromatic N) is 3.